The molecule has 3 rings (SSSR count). The minimum atomic E-state index is -0.960. The van der Waals surface area contributed by atoms with Crippen molar-refractivity contribution in [3.8, 4) is 5.75 Å². The van der Waals surface area contributed by atoms with Crippen molar-refractivity contribution in [3.05, 3.63) is 65.0 Å². The lowest BCUT2D eigenvalue weighted by Gasteiger charge is -2.18. The van der Waals surface area contributed by atoms with E-state index >= 15 is 0 Å². The Kier molecular flexibility index (Phi) is 3.02. The molecule has 2 nitrogen and oxygen atoms in total. The summed E-state index contributed by atoms with van der Waals surface area (Å²) >= 11 is 0. The molecular formula is C17H17FO2. The van der Waals surface area contributed by atoms with Crippen molar-refractivity contribution < 1.29 is 14.2 Å². The maximum absolute atomic E-state index is 13.8. The fourth-order valence-electron chi connectivity index (χ4n) is 2.58. The topological polar surface area (TPSA) is 29.5 Å². The summed E-state index contributed by atoms with van der Waals surface area (Å²) < 4.78 is 19.4. The molecule has 1 unspecified atom stereocenters. The van der Waals surface area contributed by atoms with E-state index in [0.717, 1.165) is 11.3 Å². The molecule has 0 spiro atoms. The van der Waals surface area contributed by atoms with Crippen LogP contribution in [0.1, 0.15) is 36.6 Å². The van der Waals surface area contributed by atoms with Crippen molar-refractivity contribution in [1.29, 1.82) is 0 Å². The molecule has 0 amide bonds. The van der Waals surface area contributed by atoms with Gasteiger partial charge >= 0.3 is 0 Å². The van der Waals surface area contributed by atoms with E-state index in [1.54, 1.807) is 24.3 Å². The fraction of sp³-hybridized carbons (Fsp3) is 0.294. The van der Waals surface area contributed by atoms with Crippen LogP contribution in [0.4, 0.5) is 4.39 Å². The standard InChI is InChI=1S/C17H17FO2/c1-17(2)10-20-15-8-7-11(9-13(15)17)16(19)12-5-3-4-6-14(12)18/h3-9,16,19H,10H2,1-2H3. The molecule has 2 aromatic carbocycles. The Morgan fingerprint density at radius 1 is 1.20 bits per heavy atom. The molecule has 0 fully saturated rings. The average molecular weight is 272 g/mol. The molecule has 1 heterocycles. The van der Waals surface area contributed by atoms with Gasteiger partial charge in [0.15, 0.2) is 0 Å². The summed E-state index contributed by atoms with van der Waals surface area (Å²) in [7, 11) is 0. The highest BCUT2D eigenvalue weighted by Gasteiger charge is 2.32. The molecule has 1 atom stereocenters. The minimum Gasteiger partial charge on any atom is -0.492 e. The first-order chi connectivity index (χ1) is 9.49. The number of fused-ring (bicyclic) bond motifs is 1. The third-order valence-electron chi connectivity index (χ3n) is 3.84. The zero-order chi connectivity index (χ0) is 14.3. The lowest BCUT2D eigenvalue weighted by atomic mass is 9.85. The Morgan fingerprint density at radius 2 is 1.95 bits per heavy atom. The number of rotatable bonds is 2. The highest BCUT2D eigenvalue weighted by molar-refractivity contribution is 5.47. The van der Waals surface area contributed by atoms with E-state index in [1.165, 1.54) is 6.07 Å². The van der Waals surface area contributed by atoms with Crippen LogP contribution in [0, 0.1) is 5.82 Å². The van der Waals surface area contributed by atoms with Gasteiger partial charge in [0.1, 0.15) is 17.7 Å². The SMILES string of the molecule is CC1(C)COc2ccc(C(O)c3ccccc3F)cc21. The van der Waals surface area contributed by atoms with Gasteiger partial charge in [0.05, 0.1) is 6.61 Å². The Balaban J connectivity index is 2.02. The third-order valence-corrected chi connectivity index (χ3v) is 3.84. The first-order valence-corrected chi connectivity index (χ1v) is 6.69. The molecule has 1 aliphatic rings. The summed E-state index contributed by atoms with van der Waals surface area (Å²) in [5.74, 6) is 0.454. The average Bonchev–Trinajstić information content (AvgIpc) is 2.74. The van der Waals surface area contributed by atoms with Crippen LogP contribution in [0.25, 0.3) is 0 Å². The maximum Gasteiger partial charge on any atom is 0.129 e. The van der Waals surface area contributed by atoms with Crippen molar-refractivity contribution in [2.45, 2.75) is 25.4 Å². The van der Waals surface area contributed by atoms with Crippen LogP contribution in [-0.4, -0.2) is 11.7 Å². The quantitative estimate of drug-likeness (QED) is 0.905. The molecule has 2 aromatic rings. The highest BCUT2D eigenvalue weighted by Crippen LogP contribution is 2.40. The number of aliphatic hydroxyl groups is 1. The van der Waals surface area contributed by atoms with E-state index < -0.39 is 11.9 Å². The van der Waals surface area contributed by atoms with E-state index in [2.05, 4.69) is 13.8 Å². The van der Waals surface area contributed by atoms with Crippen molar-refractivity contribution >= 4 is 0 Å². The van der Waals surface area contributed by atoms with E-state index in [-0.39, 0.29) is 5.41 Å². The van der Waals surface area contributed by atoms with Crippen LogP contribution in [0.5, 0.6) is 5.75 Å². The summed E-state index contributed by atoms with van der Waals surface area (Å²) in [5, 5.41) is 10.4. The molecule has 0 saturated carbocycles. The fourth-order valence-corrected chi connectivity index (χ4v) is 2.58. The van der Waals surface area contributed by atoms with Crippen LogP contribution in [0.15, 0.2) is 42.5 Å². The molecule has 0 radical (unpaired) electrons. The molecule has 0 aromatic heterocycles. The van der Waals surface area contributed by atoms with Crippen LogP contribution in [0.2, 0.25) is 0 Å². The Bertz CT molecular complexity index is 649. The first-order valence-electron chi connectivity index (χ1n) is 6.69. The van der Waals surface area contributed by atoms with Gasteiger partial charge in [0, 0.05) is 16.5 Å². The molecular weight excluding hydrogens is 255 g/mol. The van der Waals surface area contributed by atoms with Crippen molar-refractivity contribution in [2.24, 2.45) is 0 Å². The van der Waals surface area contributed by atoms with Gasteiger partial charge in [-0.05, 0) is 23.8 Å². The molecule has 1 N–H and O–H groups in total. The Labute approximate surface area is 117 Å². The van der Waals surface area contributed by atoms with Gasteiger partial charge in [-0.15, -0.1) is 0 Å². The lowest BCUT2D eigenvalue weighted by Crippen LogP contribution is -2.18. The second-order valence-electron chi connectivity index (χ2n) is 5.85. The predicted molar refractivity (Wildman–Crippen MR) is 75.4 cm³/mol. The summed E-state index contributed by atoms with van der Waals surface area (Å²) in [6, 6.07) is 11.9. The summed E-state index contributed by atoms with van der Waals surface area (Å²) in [6.45, 7) is 4.82. The Hall–Kier alpha value is -1.87. The van der Waals surface area contributed by atoms with Crippen molar-refractivity contribution in [1.82, 2.24) is 0 Å². The van der Waals surface area contributed by atoms with Gasteiger partial charge in [0.25, 0.3) is 0 Å². The van der Waals surface area contributed by atoms with Crippen molar-refractivity contribution in [3.63, 3.8) is 0 Å². The summed E-state index contributed by atoms with van der Waals surface area (Å²) in [5.41, 5.74) is 1.96. The molecule has 1 aliphatic heterocycles. The molecule has 20 heavy (non-hydrogen) atoms. The largest absolute Gasteiger partial charge is 0.492 e. The van der Waals surface area contributed by atoms with Gasteiger partial charge in [-0.25, -0.2) is 4.39 Å². The van der Waals surface area contributed by atoms with Gasteiger partial charge in [-0.3, -0.25) is 0 Å². The first kappa shape index (κ1) is 13.1. The van der Waals surface area contributed by atoms with E-state index in [0.29, 0.717) is 17.7 Å². The second kappa shape index (κ2) is 4.60. The number of halogens is 1. The number of hydrogen-bond acceptors (Lipinski definition) is 2. The second-order valence-corrected chi connectivity index (χ2v) is 5.85. The number of benzene rings is 2. The smallest absolute Gasteiger partial charge is 0.129 e. The van der Waals surface area contributed by atoms with E-state index in [9.17, 15) is 9.50 Å². The van der Waals surface area contributed by atoms with Crippen LogP contribution in [-0.2, 0) is 5.41 Å². The zero-order valence-electron chi connectivity index (χ0n) is 11.6. The normalized spacial score (nSPS) is 17.4. The van der Waals surface area contributed by atoms with Gasteiger partial charge in [-0.2, -0.15) is 0 Å². The lowest BCUT2D eigenvalue weighted by molar-refractivity contribution is 0.215. The summed E-state index contributed by atoms with van der Waals surface area (Å²) in [4.78, 5) is 0. The van der Waals surface area contributed by atoms with E-state index in [4.69, 9.17) is 4.74 Å². The molecule has 104 valence electrons. The van der Waals surface area contributed by atoms with Gasteiger partial charge < -0.3 is 9.84 Å². The molecule has 0 bridgehead atoms. The molecule has 0 saturated heterocycles. The van der Waals surface area contributed by atoms with Crippen molar-refractivity contribution in [2.75, 3.05) is 6.61 Å². The number of hydrogen-bond donors (Lipinski definition) is 1. The molecule has 0 aliphatic carbocycles. The maximum atomic E-state index is 13.8. The Morgan fingerprint density at radius 3 is 2.70 bits per heavy atom. The van der Waals surface area contributed by atoms with Gasteiger partial charge in [-0.1, -0.05) is 38.1 Å². The highest BCUT2D eigenvalue weighted by atomic mass is 19.1. The third kappa shape index (κ3) is 2.08. The monoisotopic (exact) mass is 272 g/mol. The predicted octanol–water partition coefficient (Wildman–Crippen LogP) is 3.58. The van der Waals surface area contributed by atoms with Gasteiger partial charge in [0.2, 0.25) is 0 Å². The van der Waals surface area contributed by atoms with Crippen LogP contribution >= 0.6 is 0 Å². The minimum absolute atomic E-state index is 0.0830. The van der Waals surface area contributed by atoms with Crippen LogP contribution in [0.3, 0.4) is 0 Å². The summed E-state index contributed by atoms with van der Waals surface area (Å²) in [6.07, 6.45) is -0.960. The zero-order valence-corrected chi connectivity index (χ0v) is 11.6. The van der Waals surface area contributed by atoms with Crippen LogP contribution < -0.4 is 4.74 Å². The molecule has 3 heteroatoms. The number of aliphatic hydroxyl groups excluding tert-OH is 1. The van der Waals surface area contributed by atoms with E-state index in [1.807, 2.05) is 12.1 Å². The number of ether oxygens (including phenoxy) is 1.